The topological polar surface area (TPSA) is 0 Å². The molecular formula is C7H17P. The van der Waals surface area contributed by atoms with Crippen molar-refractivity contribution in [2.45, 2.75) is 32.3 Å². The fourth-order valence-electron chi connectivity index (χ4n) is 0.316. The standard InChI is InChI=1S/C7H17P/c1-6-7(2,3)8(4)5/h6H2,1-5H3. The van der Waals surface area contributed by atoms with Crippen molar-refractivity contribution in [1.82, 2.24) is 0 Å². The van der Waals surface area contributed by atoms with Gasteiger partial charge in [0.1, 0.15) is 0 Å². The normalized spacial score (nSPS) is 12.8. The summed E-state index contributed by atoms with van der Waals surface area (Å²) in [4.78, 5) is 0. The zero-order valence-corrected chi connectivity index (χ0v) is 7.55. The molecular weight excluding hydrogens is 115 g/mol. The average molecular weight is 132 g/mol. The van der Waals surface area contributed by atoms with Crippen molar-refractivity contribution < 1.29 is 0 Å². The summed E-state index contributed by atoms with van der Waals surface area (Å²) in [5.74, 6) is 0. The van der Waals surface area contributed by atoms with Crippen molar-refractivity contribution >= 4 is 7.92 Å². The van der Waals surface area contributed by atoms with Crippen molar-refractivity contribution in [2.24, 2.45) is 0 Å². The summed E-state index contributed by atoms with van der Waals surface area (Å²) in [6.45, 7) is 11.7. The number of hydrogen-bond donors (Lipinski definition) is 0. The average Bonchev–Trinajstić information content (AvgIpc) is 1.67. The second-order valence-electron chi connectivity index (χ2n) is 3.06. The van der Waals surface area contributed by atoms with E-state index < -0.39 is 0 Å². The minimum Gasteiger partial charge on any atom is -0.107 e. The van der Waals surface area contributed by atoms with Crippen molar-refractivity contribution in [3.63, 3.8) is 0 Å². The maximum Gasteiger partial charge on any atom is -0.0159 e. The molecule has 0 aromatic carbocycles. The Morgan fingerprint density at radius 1 is 1.25 bits per heavy atom. The zero-order chi connectivity index (χ0) is 6.78. The Labute approximate surface area is 54.4 Å². The molecule has 0 amide bonds. The van der Waals surface area contributed by atoms with E-state index in [1.54, 1.807) is 0 Å². The second kappa shape index (κ2) is 2.82. The maximum atomic E-state index is 2.35. The minimum absolute atomic E-state index is 0.256. The van der Waals surface area contributed by atoms with Gasteiger partial charge in [0.05, 0.1) is 0 Å². The van der Waals surface area contributed by atoms with Crippen molar-refractivity contribution in [3.8, 4) is 0 Å². The summed E-state index contributed by atoms with van der Waals surface area (Å²) in [6, 6.07) is 0. The van der Waals surface area contributed by atoms with Gasteiger partial charge < -0.3 is 0 Å². The van der Waals surface area contributed by atoms with Crippen LogP contribution in [0.3, 0.4) is 0 Å². The van der Waals surface area contributed by atoms with Crippen LogP contribution in [0.15, 0.2) is 0 Å². The summed E-state index contributed by atoms with van der Waals surface area (Å²) in [5, 5.41) is 0.606. The van der Waals surface area contributed by atoms with Gasteiger partial charge in [0.25, 0.3) is 0 Å². The Balaban J connectivity index is 3.71. The van der Waals surface area contributed by atoms with E-state index in [0.29, 0.717) is 5.16 Å². The zero-order valence-electron chi connectivity index (χ0n) is 6.65. The Kier molecular flexibility index (Phi) is 2.98. The van der Waals surface area contributed by atoms with Crippen LogP contribution in [0.4, 0.5) is 0 Å². The van der Waals surface area contributed by atoms with Gasteiger partial charge in [-0.1, -0.05) is 20.8 Å². The van der Waals surface area contributed by atoms with Crippen LogP contribution in [-0.4, -0.2) is 18.5 Å². The first-order valence-electron chi connectivity index (χ1n) is 3.18. The molecule has 0 heterocycles. The maximum absolute atomic E-state index is 2.35. The third kappa shape index (κ3) is 2.13. The first kappa shape index (κ1) is 8.43. The van der Waals surface area contributed by atoms with Crippen LogP contribution in [0, 0.1) is 0 Å². The molecule has 0 aliphatic rings. The SMILES string of the molecule is CCC(C)(C)P(C)C. The van der Waals surface area contributed by atoms with Gasteiger partial charge in [0.2, 0.25) is 0 Å². The van der Waals surface area contributed by atoms with Crippen molar-refractivity contribution in [1.29, 1.82) is 0 Å². The molecule has 0 aromatic rings. The van der Waals surface area contributed by atoms with Gasteiger partial charge in [0.15, 0.2) is 0 Å². The van der Waals surface area contributed by atoms with Crippen LogP contribution >= 0.6 is 7.92 Å². The van der Waals surface area contributed by atoms with E-state index in [-0.39, 0.29) is 7.92 Å². The van der Waals surface area contributed by atoms with Crippen LogP contribution in [0.25, 0.3) is 0 Å². The quantitative estimate of drug-likeness (QED) is 0.507. The smallest absolute Gasteiger partial charge is 0.0159 e. The number of rotatable bonds is 2. The summed E-state index contributed by atoms with van der Waals surface area (Å²) in [5.41, 5.74) is 0. The molecule has 0 atom stereocenters. The van der Waals surface area contributed by atoms with Crippen LogP contribution in [-0.2, 0) is 0 Å². The van der Waals surface area contributed by atoms with Gasteiger partial charge in [-0.2, -0.15) is 0 Å². The Bertz CT molecular complexity index is 64.8. The van der Waals surface area contributed by atoms with Gasteiger partial charge in [-0.25, -0.2) is 0 Å². The molecule has 0 nitrogen and oxygen atoms in total. The lowest BCUT2D eigenvalue weighted by Gasteiger charge is -2.27. The molecule has 0 bridgehead atoms. The largest absolute Gasteiger partial charge is 0.107 e. The third-order valence-electron chi connectivity index (χ3n) is 2.08. The number of hydrogen-bond acceptors (Lipinski definition) is 0. The lowest BCUT2D eigenvalue weighted by atomic mass is 10.1. The Morgan fingerprint density at radius 3 is 1.62 bits per heavy atom. The summed E-state index contributed by atoms with van der Waals surface area (Å²) in [6.07, 6.45) is 1.31. The highest BCUT2D eigenvalue weighted by molar-refractivity contribution is 7.57. The highest BCUT2D eigenvalue weighted by Gasteiger charge is 2.18. The van der Waals surface area contributed by atoms with E-state index >= 15 is 0 Å². The van der Waals surface area contributed by atoms with Crippen molar-refractivity contribution in [2.75, 3.05) is 13.3 Å². The molecule has 1 heteroatoms. The molecule has 0 saturated heterocycles. The highest BCUT2D eigenvalue weighted by atomic mass is 31.1. The Morgan fingerprint density at radius 2 is 1.62 bits per heavy atom. The van der Waals surface area contributed by atoms with E-state index in [0.717, 1.165) is 0 Å². The van der Waals surface area contributed by atoms with Gasteiger partial charge in [-0.3, -0.25) is 0 Å². The second-order valence-corrected chi connectivity index (χ2v) is 6.06. The molecule has 0 N–H and O–H groups in total. The molecule has 50 valence electrons. The van der Waals surface area contributed by atoms with Crippen LogP contribution in [0.1, 0.15) is 27.2 Å². The predicted molar refractivity (Wildman–Crippen MR) is 43.1 cm³/mol. The first-order chi connectivity index (χ1) is 3.50. The molecule has 8 heavy (non-hydrogen) atoms. The molecule has 0 spiro atoms. The van der Waals surface area contributed by atoms with Gasteiger partial charge in [-0.05, 0) is 24.9 Å². The fraction of sp³-hybridized carbons (Fsp3) is 1.00. The minimum atomic E-state index is 0.256. The lowest BCUT2D eigenvalue weighted by Crippen LogP contribution is -2.13. The van der Waals surface area contributed by atoms with Crippen LogP contribution < -0.4 is 0 Å². The van der Waals surface area contributed by atoms with Crippen molar-refractivity contribution in [3.05, 3.63) is 0 Å². The molecule has 0 rings (SSSR count). The molecule has 0 aliphatic carbocycles. The predicted octanol–water partition coefficient (Wildman–Crippen LogP) is 2.92. The molecule has 0 aromatic heterocycles. The molecule has 0 fully saturated rings. The first-order valence-corrected chi connectivity index (χ1v) is 5.41. The molecule has 0 radical (unpaired) electrons. The van der Waals surface area contributed by atoms with E-state index in [1.807, 2.05) is 0 Å². The summed E-state index contributed by atoms with van der Waals surface area (Å²) >= 11 is 0. The van der Waals surface area contributed by atoms with Gasteiger partial charge >= 0.3 is 0 Å². The summed E-state index contributed by atoms with van der Waals surface area (Å²) < 4.78 is 0. The molecule has 0 aliphatic heterocycles. The van der Waals surface area contributed by atoms with Gasteiger partial charge in [-0.15, -0.1) is 7.92 Å². The van der Waals surface area contributed by atoms with E-state index in [4.69, 9.17) is 0 Å². The third-order valence-corrected chi connectivity index (χ3v) is 4.81. The molecule has 0 unspecified atom stereocenters. The van der Waals surface area contributed by atoms with Crippen LogP contribution in [0.5, 0.6) is 0 Å². The van der Waals surface area contributed by atoms with Crippen LogP contribution in [0.2, 0.25) is 0 Å². The van der Waals surface area contributed by atoms with E-state index in [2.05, 4.69) is 34.1 Å². The molecule has 0 saturated carbocycles. The van der Waals surface area contributed by atoms with E-state index in [1.165, 1.54) is 6.42 Å². The summed E-state index contributed by atoms with van der Waals surface area (Å²) in [7, 11) is 0.256. The lowest BCUT2D eigenvalue weighted by molar-refractivity contribution is 0.673. The monoisotopic (exact) mass is 132 g/mol. The Hall–Kier alpha value is 0.430. The fourth-order valence-corrected chi connectivity index (χ4v) is 0.949. The highest BCUT2D eigenvalue weighted by Crippen LogP contribution is 2.44. The van der Waals surface area contributed by atoms with Gasteiger partial charge in [0, 0.05) is 0 Å². The van der Waals surface area contributed by atoms with E-state index in [9.17, 15) is 0 Å².